The number of hydrogen-bond acceptors (Lipinski definition) is 8. The van der Waals surface area contributed by atoms with Crippen molar-refractivity contribution in [1.82, 2.24) is 19.8 Å². The second kappa shape index (κ2) is 11.9. The second-order valence-electron chi connectivity index (χ2n) is 6.34. The molecule has 0 atom stereocenters. The molecular formula is C20H26N4O6. The Balaban J connectivity index is 2.13. The quantitative estimate of drug-likeness (QED) is 0.363. The largest absolute Gasteiger partial charge is 0.395 e. The molecule has 2 rings (SSSR count). The van der Waals surface area contributed by atoms with Crippen LogP contribution in [0.25, 0.3) is 11.4 Å². The van der Waals surface area contributed by atoms with Crippen molar-refractivity contribution in [3.8, 4) is 11.4 Å². The van der Waals surface area contributed by atoms with Gasteiger partial charge in [0.05, 0.1) is 48.9 Å². The maximum absolute atomic E-state index is 12.4. The van der Waals surface area contributed by atoms with Gasteiger partial charge in [0.15, 0.2) is 0 Å². The van der Waals surface area contributed by atoms with Gasteiger partial charge in [0, 0.05) is 38.6 Å². The molecule has 0 fully saturated rings. The molecule has 0 saturated heterocycles. The standard InChI is InChI=1S/C20H26N4O6/c25-9-5-23(6-10-26)19(29)15-1-3-17(21-13-15)18-4-2-16(14-22-18)20(30)24(7-11-27)8-12-28/h1-4,13-14,25-28H,5-12H2. The van der Waals surface area contributed by atoms with Gasteiger partial charge in [0.1, 0.15) is 0 Å². The molecule has 162 valence electrons. The van der Waals surface area contributed by atoms with Gasteiger partial charge in [-0.15, -0.1) is 0 Å². The summed E-state index contributed by atoms with van der Waals surface area (Å²) in [5.41, 5.74) is 1.64. The molecule has 0 aliphatic carbocycles. The topological polar surface area (TPSA) is 147 Å². The van der Waals surface area contributed by atoms with Gasteiger partial charge in [-0.05, 0) is 24.3 Å². The van der Waals surface area contributed by atoms with Gasteiger partial charge in [-0.2, -0.15) is 0 Å². The van der Waals surface area contributed by atoms with Crippen LogP contribution >= 0.6 is 0 Å². The lowest BCUT2D eigenvalue weighted by Gasteiger charge is -2.20. The minimum Gasteiger partial charge on any atom is -0.395 e. The Hall–Kier alpha value is -2.92. The van der Waals surface area contributed by atoms with E-state index in [0.29, 0.717) is 22.5 Å². The van der Waals surface area contributed by atoms with E-state index in [9.17, 15) is 9.59 Å². The molecule has 0 aromatic carbocycles. The van der Waals surface area contributed by atoms with Crippen molar-refractivity contribution < 1.29 is 30.0 Å². The lowest BCUT2D eigenvalue weighted by Crippen LogP contribution is -2.36. The normalized spacial score (nSPS) is 10.7. The van der Waals surface area contributed by atoms with Gasteiger partial charge in [0.2, 0.25) is 0 Å². The SMILES string of the molecule is O=C(c1ccc(-c2ccc(C(=O)N(CCO)CCO)cn2)nc1)N(CCO)CCO. The number of carbonyl (C=O) groups excluding carboxylic acids is 2. The van der Waals surface area contributed by atoms with E-state index in [-0.39, 0.29) is 64.4 Å². The molecule has 2 heterocycles. The lowest BCUT2D eigenvalue weighted by atomic mass is 10.1. The molecule has 0 unspecified atom stereocenters. The highest BCUT2D eigenvalue weighted by Crippen LogP contribution is 2.16. The Morgan fingerprint density at radius 2 is 0.967 bits per heavy atom. The maximum atomic E-state index is 12.4. The summed E-state index contributed by atoms with van der Waals surface area (Å²) >= 11 is 0. The fourth-order valence-electron chi connectivity index (χ4n) is 2.82. The van der Waals surface area contributed by atoms with Crippen LogP contribution in [0.2, 0.25) is 0 Å². The number of pyridine rings is 2. The highest BCUT2D eigenvalue weighted by atomic mass is 16.3. The monoisotopic (exact) mass is 418 g/mol. The first-order valence-electron chi connectivity index (χ1n) is 9.50. The summed E-state index contributed by atoms with van der Waals surface area (Å²) in [6, 6.07) is 6.41. The smallest absolute Gasteiger partial charge is 0.255 e. The Morgan fingerprint density at radius 1 is 0.633 bits per heavy atom. The fourth-order valence-corrected chi connectivity index (χ4v) is 2.82. The van der Waals surface area contributed by atoms with E-state index in [1.54, 1.807) is 24.3 Å². The predicted octanol–water partition coefficient (Wildman–Crippen LogP) is -1.00. The van der Waals surface area contributed by atoms with Crippen LogP contribution < -0.4 is 0 Å². The van der Waals surface area contributed by atoms with E-state index in [1.807, 2.05) is 0 Å². The number of amides is 2. The second-order valence-corrected chi connectivity index (χ2v) is 6.34. The molecule has 2 aromatic heterocycles. The van der Waals surface area contributed by atoms with Crippen LogP contribution in [-0.2, 0) is 0 Å². The van der Waals surface area contributed by atoms with Crippen molar-refractivity contribution in [3.05, 3.63) is 47.8 Å². The zero-order valence-corrected chi connectivity index (χ0v) is 16.5. The average molecular weight is 418 g/mol. The van der Waals surface area contributed by atoms with E-state index in [4.69, 9.17) is 20.4 Å². The third-order valence-electron chi connectivity index (χ3n) is 4.34. The van der Waals surface area contributed by atoms with Gasteiger partial charge >= 0.3 is 0 Å². The highest BCUT2D eigenvalue weighted by Gasteiger charge is 2.17. The molecule has 0 radical (unpaired) electrons. The van der Waals surface area contributed by atoms with Crippen molar-refractivity contribution in [1.29, 1.82) is 0 Å². The van der Waals surface area contributed by atoms with Crippen LogP contribution in [0.3, 0.4) is 0 Å². The van der Waals surface area contributed by atoms with Crippen LogP contribution in [0.1, 0.15) is 20.7 Å². The minimum atomic E-state index is -0.348. The lowest BCUT2D eigenvalue weighted by molar-refractivity contribution is 0.0680. The van der Waals surface area contributed by atoms with Gasteiger partial charge in [0.25, 0.3) is 11.8 Å². The summed E-state index contributed by atoms with van der Waals surface area (Å²) in [6.07, 6.45) is 2.79. The number of aliphatic hydroxyl groups excluding tert-OH is 4. The molecule has 0 aliphatic rings. The molecule has 2 aromatic rings. The Bertz CT molecular complexity index is 732. The first-order chi connectivity index (χ1) is 14.5. The maximum Gasteiger partial charge on any atom is 0.255 e. The average Bonchev–Trinajstić information content (AvgIpc) is 2.78. The van der Waals surface area contributed by atoms with E-state index in [0.717, 1.165) is 0 Å². The van der Waals surface area contributed by atoms with Crippen molar-refractivity contribution in [2.45, 2.75) is 0 Å². The molecule has 10 nitrogen and oxygen atoms in total. The van der Waals surface area contributed by atoms with Crippen molar-refractivity contribution in [2.24, 2.45) is 0 Å². The van der Waals surface area contributed by atoms with Crippen molar-refractivity contribution in [3.63, 3.8) is 0 Å². The summed E-state index contributed by atoms with van der Waals surface area (Å²) < 4.78 is 0. The molecule has 10 heteroatoms. The van der Waals surface area contributed by atoms with Gasteiger partial charge in [-0.3, -0.25) is 19.6 Å². The fraction of sp³-hybridized carbons (Fsp3) is 0.400. The summed E-state index contributed by atoms with van der Waals surface area (Å²) in [6.45, 7) is -0.381. The predicted molar refractivity (Wildman–Crippen MR) is 108 cm³/mol. The number of carbonyl (C=O) groups is 2. The molecule has 2 amide bonds. The molecule has 0 aliphatic heterocycles. The first kappa shape index (κ1) is 23.4. The Kier molecular flexibility index (Phi) is 9.29. The van der Waals surface area contributed by atoms with E-state index in [2.05, 4.69) is 9.97 Å². The van der Waals surface area contributed by atoms with Crippen molar-refractivity contribution in [2.75, 3.05) is 52.6 Å². The third kappa shape index (κ3) is 6.04. The zero-order valence-electron chi connectivity index (χ0n) is 16.5. The van der Waals surface area contributed by atoms with Gasteiger partial charge < -0.3 is 30.2 Å². The van der Waals surface area contributed by atoms with Crippen LogP contribution in [0.15, 0.2) is 36.7 Å². The first-order valence-corrected chi connectivity index (χ1v) is 9.50. The molecular weight excluding hydrogens is 392 g/mol. The molecule has 0 bridgehead atoms. The number of aliphatic hydroxyl groups is 4. The molecule has 0 saturated carbocycles. The summed E-state index contributed by atoms with van der Waals surface area (Å²) in [5, 5.41) is 36.2. The Labute approximate surface area is 174 Å². The van der Waals surface area contributed by atoms with Crippen LogP contribution in [0, 0.1) is 0 Å². The van der Waals surface area contributed by atoms with Crippen LogP contribution in [-0.4, -0.2) is 105 Å². The zero-order chi connectivity index (χ0) is 21.9. The Morgan fingerprint density at radius 3 is 1.20 bits per heavy atom. The number of hydrogen-bond donors (Lipinski definition) is 4. The van der Waals surface area contributed by atoms with E-state index in [1.165, 1.54) is 22.2 Å². The van der Waals surface area contributed by atoms with E-state index < -0.39 is 0 Å². The third-order valence-corrected chi connectivity index (χ3v) is 4.34. The number of rotatable bonds is 11. The summed E-state index contributed by atoms with van der Waals surface area (Å²) in [5.74, 6) is -0.696. The highest BCUT2D eigenvalue weighted by molar-refractivity contribution is 5.95. The van der Waals surface area contributed by atoms with Crippen molar-refractivity contribution >= 4 is 11.8 Å². The summed E-state index contributed by atoms with van der Waals surface area (Å²) in [7, 11) is 0. The molecule has 30 heavy (non-hydrogen) atoms. The van der Waals surface area contributed by atoms with Gasteiger partial charge in [-0.1, -0.05) is 0 Å². The summed E-state index contributed by atoms with van der Waals surface area (Å²) in [4.78, 5) is 36.0. The van der Waals surface area contributed by atoms with Crippen LogP contribution in [0.5, 0.6) is 0 Å². The molecule has 4 N–H and O–H groups in total. The van der Waals surface area contributed by atoms with E-state index >= 15 is 0 Å². The minimum absolute atomic E-state index is 0.113. The molecule has 0 spiro atoms. The van der Waals surface area contributed by atoms with Crippen LogP contribution in [0.4, 0.5) is 0 Å². The number of nitrogens with zero attached hydrogens (tertiary/aromatic N) is 4. The number of aromatic nitrogens is 2. The van der Waals surface area contributed by atoms with Gasteiger partial charge in [-0.25, -0.2) is 0 Å².